The summed E-state index contributed by atoms with van der Waals surface area (Å²) in [6.45, 7) is 10.8. The molecule has 0 unspecified atom stereocenters. The van der Waals surface area contributed by atoms with Gasteiger partial charge < -0.3 is 0 Å². The summed E-state index contributed by atoms with van der Waals surface area (Å²) in [4.78, 5) is 0. The number of benzene rings is 1. The maximum Gasteiger partial charge on any atom is -0.0230 e. The summed E-state index contributed by atoms with van der Waals surface area (Å²) in [6.07, 6.45) is 3.64. The van der Waals surface area contributed by atoms with Crippen LogP contribution in [-0.2, 0) is 0 Å². The lowest BCUT2D eigenvalue weighted by atomic mass is 9.91. The zero-order chi connectivity index (χ0) is 11.3. The van der Waals surface area contributed by atoms with Gasteiger partial charge in [0.15, 0.2) is 0 Å². The standard InChI is InChI=1S/C15H22/c1-5-14(6-2)11-13(4)15-9-7-12(3)8-10-15/h7-10,14H,4-6,11H2,1-3H3. The van der Waals surface area contributed by atoms with E-state index in [4.69, 9.17) is 0 Å². The van der Waals surface area contributed by atoms with E-state index >= 15 is 0 Å². The second kappa shape index (κ2) is 5.75. The smallest absolute Gasteiger partial charge is 0.0230 e. The first kappa shape index (κ1) is 12.0. The fourth-order valence-electron chi connectivity index (χ4n) is 1.83. The molecular weight excluding hydrogens is 180 g/mol. The van der Waals surface area contributed by atoms with Crippen molar-refractivity contribution in [3.63, 3.8) is 0 Å². The van der Waals surface area contributed by atoms with Crippen LogP contribution in [0.2, 0.25) is 0 Å². The first-order chi connectivity index (χ1) is 7.17. The molecule has 0 atom stereocenters. The van der Waals surface area contributed by atoms with Crippen molar-refractivity contribution in [3.05, 3.63) is 42.0 Å². The lowest BCUT2D eigenvalue weighted by molar-refractivity contribution is 0.506. The quantitative estimate of drug-likeness (QED) is 0.641. The van der Waals surface area contributed by atoms with Crippen molar-refractivity contribution in [2.75, 3.05) is 0 Å². The number of hydrogen-bond acceptors (Lipinski definition) is 0. The first-order valence-corrected chi connectivity index (χ1v) is 5.92. The largest absolute Gasteiger partial charge is 0.0952 e. The van der Waals surface area contributed by atoms with Crippen LogP contribution in [0.4, 0.5) is 0 Å². The molecule has 1 aromatic carbocycles. The molecule has 0 heteroatoms. The molecule has 0 aliphatic heterocycles. The Labute approximate surface area is 94.0 Å². The van der Waals surface area contributed by atoms with E-state index in [0.717, 1.165) is 12.3 Å². The third-order valence-corrected chi connectivity index (χ3v) is 3.15. The third-order valence-electron chi connectivity index (χ3n) is 3.15. The zero-order valence-corrected chi connectivity index (χ0v) is 10.2. The van der Waals surface area contributed by atoms with E-state index in [1.165, 1.54) is 29.5 Å². The van der Waals surface area contributed by atoms with Gasteiger partial charge in [-0.25, -0.2) is 0 Å². The van der Waals surface area contributed by atoms with Crippen LogP contribution in [0.3, 0.4) is 0 Å². The summed E-state index contributed by atoms with van der Waals surface area (Å²) in [5, 5.41) is 0. The van der Waals surface area contributed by atoms with Gasteiger partial charge in [-0.1, -0.05) is 63.1 Å². The molecule has 82 valence electrons. The van der Waals surface area contributed by atoms with Gasteiger partial charge in [-0.05, 0) is 30.4 Å². The van der Waals surface area contributed by atoms with Crippen molar-refractivity contribution in [2.45, 2.75) is 40.0 Å². The highest BCUT2D eigenvalue weighted by molar-refractivity contribution is 5.63. The van der Waals surface area contributed by atoms with Crippen LogP contribution in [0.1, 0.15) is 44.2 Å². The fraction of sp³-hybridized carbons (Fsp3) is 0.467. The second-order valence-corrected chi connectivity index (χ2v) is 4.36. The van der Waals surface area contributed by atoms with E-state index in [1.807, 2.05) is 0 Å². The van der Waals surface area contributed by atoms with Gasteiger partial charge in [0.05, 0.1) is 0 Å². The molecule has 0 nitrogen and oxygen atoms in total. The van der Waals surface area contributed by atoms with Crippen LogP contribution < -0.4 is 0 Å². The summed E-state index contributed by atoms with van der Waals surface area (Å²) in [7, 11) is 0. The average molecular weight is 202 g/mol. The van der Waals surface area contributed by atoms with Gasteiger partial charge in [0.25, 0.3) is 0 Å². The maximum atomic E-state index is 4.19. The highest BCUT2D eigenvalue weighted by Crippen LogP contribution is 2.24. The zero-order valence-electron chi connectivity index (χ0n) is 10.2. The Morgan fingerprint density at radius 2 is 1.67 bits per heavy atom. The maximum absolute atomic E-state index is 4.19. The molecule has 0 N–H and O–H groups in total. The average Bonchev–Trinajstić information content (AvgIpc) is 2.26. The SMILES string of the molecule is C=C(CC(CC)CC)c1ccc(C)cc1. The Balaban J connectivity index is 2.64. The van der Waals surface area contributed by atoms with Gasteiger partial charge in [0.1, 0.15) is 0 Å². The van der Waals surface area contributed by atoms with Crippen molar-refractivity contribution in [1.29, 1.82) is 0 Å². The molecule has 0 aliphatic rings. The minimum Gasteiger partial charge on any atom is -0.0952 e. The molecule has 0 bridgehead atoms. The van der Waals surface area contributed by atoms with Crippen LogP contribution in [0.15, 0.2) is 30.8 Å². The predicted octanol–water partition coefficient (Wildman–Crippen LogP) is 4.83. The van der Waals surface area contributed by atoms with E-state index in [1.54, 1.807) is 0 Å². The molecule has 0 aromatic heterocycles. The van der Waals surface area contributed by atoms with Crippen LogP contribution in [0, 0.1) is 12.8 Å². The highest BCUT2D eigenvalue weighted by Gasteiger charge is 2.06. The van der Waals surface area contributed by atoms with Crippen LogP contribution in [0.5, 0.6) is 0 Å². The van der Waals surface area contributed by atoms with Gasteiger partial charge in [-0.2, -0.15) is 0 Å². The number of aryl methyl sites for hydroxylation is 1. The Kier molecular flexibility index (Phi) is 4.61. The van der Waals surface area contributed by atoms with Crippen LogP contribution in [-0.4, -0.2) is 0 Å². The second-order valence-electron chi connectivity index (χ2n) is 4.36. The van der Waals surface area contributed by atoms with E-state index in [9.17, 15) is 0 Å². The van der Waals surface area contributed by atoms with Crippen molar-refractivity contribution >= 4 is 5.57 Å². The molecule has 1 rings (SSSR count). The minimum absolute atomic E-state index is 0.791. The Morgan fingerprint density at radius 1 is 1.13 bits per heavy atom. The molecule has 0 saturated heterocycles. The lowest BCUT2D eigenvalue weighted by Gasteiger charge is -2.14. The van der Waals surface area contributed by atoms with Crippen molar-refractivity contribution in [1.82, 2.24) is 0 Å². The van der Waals surface area contributed by atoms with Gasteiger partial charge in [-0.3, -0.25) is 0 Å². The Hall–Kier alpha value is -1.04. The lowest BCUT2D eigenvalue weighted by Crippen LogP contribution is -1.98. The van der Waals surface area contributed by atoms with E-state index < -0.39 is 0 Å². The molecule has 15 heavy (non-hydrogen) atoms. The molecule has 0 fully saturated rings. The molecule has 0 radical (unpaired) electrons. The van der Waals surface area contributed by atoms with E-state index in [-0.39, 0.29) is 0 Å². The van der Waals surface area contributed by atoms with Crippen molar-refractivity contribution in [3.8, 4) is 0 Å². The van der Waals surface area contributed by atoms with Crippen molar-refractivity contribution in [2.24, 2.45) is 5.92 Å². The predicted molar refractivity (Wildman–Crippen MR) is 68.9 cm³/mol. The minimum atomic E-state index is 0.791. The summed E-state index contributed by atoms with van der Waals surface area (Å²) >= 11 is 0. The van der Waals surface area contributed by atoms with Crippen LogP contribution >= 0.6 is 0 Å². The van der Waals surface area contributed by atoms with Crippen LogP contribution in [0.25, 0.3) is 5.57 Å². The molecule has 0 amide bonds. The molecular formula is C15H22. The van der Waals surface area contributed by atoms with Gasteiger partial charge in [-0.15, -0.1) is 0 Å². The van der Waals surface area contributed by atoms with E-state index in [2.05, 4.69) is 51.6 Å². The summed E-state index contributed by atoms with van der Waals surface area (Å²) in [5.41, 5.74) is 3.89. The Morgan fingerprint density at radius 3 is 2.13 bits per heavy atom. The number of hydrogen-bond donors (Lipinski definition) is 0. The monoisotopic (exact) mass is 202 g/mol. The highest BCUT2D eigenvalue weighted by atomic mass is 14.1. The number of rotatable bonds is 5. The normalized spacial score (nSPS) is 10.7. The summed E-state index contributed by atoms with van der Waals surface area (Å²) in [5.74, 6) is 0.791. The van der Waals surface area contributed by atoms with Crippen molar-refractivity contribution < 1.29 is 0 Å². The first-order valence-electron chi connectivity index (χ1n) is 5.92. The molecule has 1 aromatic rings. The van der Waals surface area contributed by atoms with Gasteiger partial charge >= 0.3 is 0 Å². The van der Waals surface area contributed by atoms with E-state index in [0.29, 0.717) is 0 Å². The summed E-state index contributed by atoms with van der Waals surface area (Å²) < 4.78 is 0. The molecule has 0 spiro atoms. The van der Waals surface area contributed by atoms with Gasteiger partial charge in [0, 0.05) is 0 Å². The fourth-order valence-corrected chi connectivity index (χ4v) is 1.83. The molecule has 0 aliphatic carbocycles. The van der Waals surface area contributed by atoms with Gasteiger partial charge in [0.2, 0.25) is 0 Å². The number of allylic oxidation sites excluding steroid dienone is 1. The summed E-state index contributed by atoms with van der Waals surface area (Å²) in [6, 6.07) is 8.68. The topological polar surface area (TPSA) is 0 Å². The molecule has 0 saturated carbocycles. The Bertz CT molecular complexity index is 301. The third kappa shape index (κ3) is 3.54. The molecule has 0 heterocycles.